The number of nitrogens with zero attached hydrogens (tertiary/aromatic N) is 2. The van der Waals surface area contributed by atoms with Crippen molar-refractivity contribution in [3.8, 4) is 17.2 Å². The van der Waals surface area contributed by atoms with Gasteiger partial charge in [-0.1, -0.05) is 6.04 Å². The average Bonchev–Trinajstić information content (AvgIpc) is 2.74. The van der Waals surface area contributed by atoms with Crippen molar-refractivity contribution >= 4 is 28.4 Å². The highest BCUT2D eigenvalue weighted by Crippen LogP contribution is 2.40. The molecule has 3 aromatic rings. The Morgan fingerprint density at radius 1 is 1.11 bits per heavy atom. The lowest BCUT2D eigenvalue weighted by molar-refractivity contribution is 0.324. The first-order chi connectivity index (χ1) is 15.5. The molecule has 3 rings (SSSR count). The van der Waals surface area contributed by atoms with E-state index < -0.39 is 6.85 Å². The summed E-state index contributed by atoms with van der Waals surface area (Å²) in [6.45, 7) is -2.92. The SMILES string of the molecule is [2H]c1c(NCc2c([2H])c([2H])c3nc(N)nc(N)c3c2C([2H])([2H])[2H])cc(OC)c(OC)c1OC. The quantitative estimate of drug-likeness (QED) is 0.602. The maximum Gasteiger partial charge on any atom is 0.222 e. The van der Waals surface area contributed by atoms with Crippen LogP contribution in [0.15, 0.2) is 24.2 Å². The highest BCUT2D eigenvalue weighted by atomic mass is 16.5. The van der Waals surface area contributed by atoms with Gasteiger partial charge in [0.15, 0.2) is 11.5 Å². The van der Waals surface area contributed by atoms with E-state index in [9.17, 15) is 0 Å². The van der Waals surface area contributed by atoms with Gasteiger partial charge in [0, 0.05) is 33.8 Å². The van der Waals surface area contributed by atoms with Gasteiger partial charge in [0.2, 0.25) is 11.7 Å². The molecule has 1 aromatic heterocycles. The predicted octanol–water partition coefficient (Wildman–Crippen LogP) is 2.74. The van der Waals surface area contributed by atoms with Gasteiger partial charge in [-0.2, -0.15) is 4.98 Å². The first kappa shape index (κ1) is 12.1. The lowest BCUT2D eigenvalue weighted by atomic mass is 10.0. The number of nitrogens with one attached hydrogen (secondary N) is 1. The van der Waals surface area contributed by atoms with Crippen molar-refractivity contribution in [3.05, 3.63) is 35.3 Å². The molecule has 8 heteroatoms. The standard InChI is InChI=1S/C19H23N5O3/c1-10-11(5-6-13-16(10)18(20)24-19(21)23-13)9-22-12-7-14(25-2)17(27-4)15(8-12)26-3/h5-8,22H,9H2,1-4H3,(H4,20,21,23,24)/i1D3,5D,6D,7D. The van der Waals surface area contributed by atoms with Crippen molar-refractivity contribution in [2.24, 2.45) is 0 Å². The second kappa shape index (κ2) is 7.45. The van der Waals surface area contributed by atoms with Crippen LogP contribution in [0, 0.1) is 6.85 Å². The maximum absolute atomic E-state index is 8.44. The second-order valence-corrected chi connectivity index (χ2v) is 5.47. The smallest absolute Gasteiger partial charge is 0.222 e. The molecule has 8 nitrogen and oxygen atoms in total. The summed E-state index contributed by atoms with van der Waals surface area (Å²) in [5, 5.41) is 2.89. The number of nitrogen functional groups attached to an aromatic ring is 2. The van der Waals surface area contributed by atoms with E-state index in [0.717, 1.165) is 0 Å². The Labute approximate surface area is 165 Å². The molecular formula is C19H23N5O3. The van der Waals surface area contributed by atoms with Crippen molar-refractivity contribution in [1.82, 2.24) is 9.97 Å². The predicted molar refractivity (Wildman–Crippen MR) is 107 cm³/mol. The van der Waals surface area contributed by atoms with Gasteiger partial charge in [-0.25, -0.2) is 4.98 Å². The summed E-state index contributed by atoms with van der Waals surface area (Å²) in [5.74, 6) is 0.178. The summed E-state index contributed by atoms with van der Waals surface area (Å²) in [7, 11) is 4.20. The summed E-state index contributed by atoms with van der Waals surface area (Å²) in [6, 6.07) is 0.715. The molecule has 1 heterocycles. The average molecular weight is 375 g/mol. The van der Waals surface area contributed by atoms with Crippen LogP contribution in [0.2, 0.25) is 0 Å². The summed E-state index contributed by atoms with van der Waals surface area (Å²) >= 11 is 0. The fourth-order valence-corrected chi connectivity index (χ4v) is 2.60. The number of ether oxygens (including phenoxy) is 3. The van der Waals surface area contributed by atoms with Gasteiger partial charge >= 0.3 is 0 Å². The van der Waals surface area contributed by atoms with E-state index in [2.05, 4.69) is 15.3 Å². The minimum atomic E-state index is -2.70. The third-order valence-corrected chi connectivity index (χ3v) is 3.88. The zero-order valence-electron chi connectivity index (χ0n) is 21.1. The number of hydrogen-bond acceptors (Lipinski definition) is 8. The first-order valence-electron chi connectivity index (χ1n) is 10.8. The van der Waals surface area contributed by atoms with E-state index in [1.165, 1.54) is 27.4 Å². The summed E-state index contributed by atoms with van der Waals surface area (Å²) in [6.07, 6.45) is 0. The Morgan fingerprint density at radius 2 is 1.89 bits per heavy atom. The lowest BCUT2D eigenvalue weighted by Gasteiger charge is -2.16. The van der Waals surface area contributed by atoms with E-state index >= 15 is 0 Å². The number of anilines is 3. The highest BCUT2D eigenvalue weighted by Gasteiger charge is 2.14. The Hall–Kier alpha value is -3.42. The van der Waals surface area contributed by atoms with Crippen molar-refractivity contribution < 1.29 is 22.4 Å². The number of methoxy groups -OCH3 is 3. The van der Waals surface area contributed by atoms with Crippen molar-refractivity contribution in [3.63, 3.8) is 0 Å². The van der Waals surface area contributed by atoms with Gasteiger partial charge in [-0.3, -0.25) is 0 Å². The Bertz CT molecular complexity index is 1240. The lowest BCUT2D eigenvalue weighted by Crippen LogP contribution is -2.06. The normalized spacial score (nSPS) is 14.3. The second-order valence-electron chi connectivity index (χ2n) is 5.47. The molecule has 0 bridgehead atoms. The van der Waals surface area contributed by atoms with Crippen LogP contribution in [0.3, 0.4) is 0 Å². The summed E-state index contributed by atoms with van der Waals surface area (Å²) < 4.78 is 65.2. The van der Waals surface area contributed by atoms with Gasteiger partial charge < -0.3 is 31.0 Å². The highest BCUT2D eigenvalue weighted by molar-refractivity contribution is 5.92. The zero-order chi connectivity index (χ0) is 24.7. The van der Waals surface area contributed by atoms with E-state index in [1.54, 1.807) is 0 Å². The van der Waals surface area contributed by atoms with E-state index in [1.807, 2.05) is 0 Å². The first-order valence-corrected chi connectivity index (χ1v) is 7.84. The minimum Gasteiger partial charge on any atom is -0.493 e. The van der Waals surface area contributed by atoms with Gasteiger partial charge in [0.1, 0.15) is 5.82 Å². The van der Waals surface area contributed by atoms with Crippen LogP contribution < -0.4 is 31.0 Å². The number of rotatable bonds is 6. The molecule has 142 valence electrons. The van der Waals surface area contributed by atoms with Crippen LogP contribution >= 0.6 is 0 Å². The maximum atomic E-state index is 8.44. The molecule has 0 amide bonds. The largest absolute Gasteiger partial charge is 0.493 e. The number of hydrogen-bond donors (Lipinski definition) is 3. The van der Waals surface area contributed by atoms with Gasteiger partial charge in [-0.05, 0) is 24.0 Å². The number of aryl methyl sites for hydroxylation is 1. The third-order valence-electron chi connectivity index (χ3n) is 3.88. The fraction of sp³-hybridized carbons (Fsp3) is 0.263. The molecule has 0 saturated heterocycles. The van der Waals surface area contributed by atoms with Gasteiger partial charge in [-0.15, -0.1) is 0 Å². The molecule has 0 saturated carbocycles. The number of benzene rings is 2. The van der Waals surface area contributed by atoms with Crippen LogP contribution in [0.25, 0.3) is 10.9 Å². The molecule has 0 radical (unpaired) electrons. The molecule has 2 aromatic carbocycles. The van der Waals surface area contributed by atoms with Crippen LogP contribution in [0.4, 0.5) is 17.5 Å². The zero-order valence-corrected chi connectivity index (χ0v) is 15.1. The number of fused-ring (bicyclic) bond motifs is 1. The van der Waals surface area contributed by atoms with Crippen LogP contribution in [0.1, 0.15) is 19.4 Å². The fourth-order valence-electron chi connectivity index (χ4n) is 2.60. The molecule has 0 atom stereocenters. The summed E-state index contributed by atoms with van der Waals surface area (Å²) in [4.78, 5) is 7.78. The molecule has 0 aliphatic heterocycles. The molecule has 0 spiro atoms. The van der Waals surface area contributed by atoms with E-state index in [-0.39, 0.29) is 81.4 Å². The monoisotopic (exact) mass is 375 g/mol. The van der Waals surface area contributed by atoms with Crippen molar-refractivity contribution in [2.45, 2.75) is 13.4 Å². The van der Waals surface area contributed by atoms with Crippen molar-refractivity contribution in [1.29, 1.82) is 0 Å². The Kier molecular flexibility index (Phi) is 3.32. The third kappa shape index (κ3) is 3.46. The molecular weight excluding hydrogens is 346 g/mol. The van der Waals surface area contributed by atoms with Crippen LogP contribution in [-0.4, -0.2) is 31.3 Å². The Morgan fingerprint density at radius 3 is 2.56 bits per heavy atom. The number of aromatic nitrogens is 2. The molecule has 0 unspecified atom stereocenters. The van der Waals surface area contributed by atoms with Gasteiger partial charge in [0.05, 0.1) is 31.0 Å². The summed E-state index contributed by atoms with van der Waals surface area (Å²) in [5.41, 5.74) is 11.4. The van der Waals surface area contributed by atoms with E-state index in [0.29, 0.717) is 0 Å². The Balaban J connectivity index is 2.22. The van der Waals surface area contributed by atoms with Crippen LogP contribution in [-0.2, 0) is 6.54 Å². The molecule has 0 fully saturated rings. The number of nitrogens with two attached hydrogens (primary N) is 2. The topological polar surface area (TPSA) is 118 Å². The van der Waals surface area contributed by atoms with Crippen molar-refractivity contribution in [2.75, 3.05) is 38.1 Å². The molecule has 0 aliphatic carbocycles. The molecule has 27 heavy (non-hydrogen) atoms. The van der Waals surface area contributed by atoms with Gasteiger partial charge in [0.25, 0.3) is 0 Å². The van der Waals surface area contributed by atoms with Crippen LogP contribution in [0.5, 0.6) is 17.2 Å². The minimum absolute atomic E-state index is 0.0132. The molecule has 0 aliphatic rings. The van der Waals surface area contributed by atoms with E-state index in [4.69, 9.17) is 33.9 Å². The molecule has 5 N–H and O–H groups in total.